The number of nitrogen functional groups attached to an aromatic ring is 1. The number of nitrogens with two attached hydrogens (primary N) is 1. The molecule has 0 atom stereocenters. The summed E-state index contributed by atoms with van der Waals surface area (Å²) in [5.74, 6) is 0.177. The van der Waals surface area contributed by atoms with E-state index in [1.165, 1.54) is 12.3 Å². The van der Waals surface area contributed by atoms with Crippen molar-refractivity contribution in [2.24, 2.45) is 0 Å². The molecule has 0 fully saturated rings. The Morgan fingerprint density at radius 2 is 2.18 bits per heavy atom. The third-order valence-corrected chi connectivity index (χ3v) is 1.49. The van der Waals surface area contributed by atoms with Crippen LogP contribution in [0.5, 0.6) is 0 Å². The fourth-order valence-corrected chi connectivity index (χ4v) is 0.779. The molecule has 1 aromatic heterocycles. The van der Waals surface area contributed by atoms with Crippen molar-refractivity contribution in [3.8, 4) is 0 Å². The molecular formula is C5H6BClN2O2. The molecule has 0 saturated carbocycles. The van der Waals surface area contributed by atoms with Gasteiger partial charge in [0.25, 0.3) is 0 Å². The van der Waals surface area contributed by atoms with Crippen molar-refractivity contribution in [1.82, 2.24) is 4.98 Å². The summed E-state index contributed by atoms with van der Waals surface area (Å²) in [4.78, 5) is 3.63. The number of aromatic nitrogens is 1. The van der Waals surface area contributed by atoms with E-state index < -0.39 is 7.12 Å². The molecule has 11 heavy (non-hydrogen) atoms. The van der Waals surface area contributed by atoms with E-state index in [1.807, 2.05) is 0 Å². The third kappa shape index (κ3) is 1.83. The maximum atomic E-state index is 8.66. The number of nitrogens with zero attached hydrogens (tertiary/aromatic N) is 1. The summed E-state index contributed by atoms with van der Waals surface area (Å²) in [6.07, 6.45) is 1.26. The van der Waals surface area contributed by atoms with Crippen molar-refractivity contribution >= 4 is 30.0 Å². The van der Waals surface area contributed by atoms with Crippen LogP contribution in [-0.4, -0.2) is 22.2 Å². The predicted octanol–water partition coefficient (Wildman–Crippen LogP) is -1.00. The van der Waals surface area contributed by atoms with Crippen LogP contribution in [0.1, 0.15) is 0 Å². The van der Waals surface area contributed by atoms with E-state index >= 15 is 0 Å². The molecule has 1 aromatic rings. The average Bonchev–Trinajstić information content (AvgIpc) is 1.94. The minimum atomic E-state index is -1.56. The van der Waals surface area contributed by atoms with Gasteiger partial charge in [-0.05, 0) is 6.07 Å². The Kier molecular flexibility index (Phi) is 2.33. The Bertz CT molecular complexity index is 269. The molecule has 0 aromatic carbocycles. The highest BCUT2D eigenvalue weighted by Crippen LogP contribution is 2.11. The Hall–Kier alpha value is -0.775. The van der Waals surface area contributed by atoms with Crippen molar-refractivity contribution in [3.63, 3.8) is 0 Å². The largest absolute Gasteiger partial charge is 0.490 e. The maximum Gasteiger partial charge on any atom is 0.490 e. The zero-order chi connectivity index (χ0) is 8.43. The molecular weight excluding hydrogens is 166 g/mol. The summed E-state index contributed by atoms with van der Waals surface area (Å²) in [5.41, 5.74) is 5.51. The molecule has 0 amide bonds. The van der Waals surface area contributed by atoms with Gasteiger partial charge in [-0.1, -0.05) is 11.6 Å². The van der Waals surface area contributed by atoms with Gasteiger partial charge in [0.2, 0.25) is 0 Å². The molecule has 0 aliphatic carbocycles. The highest BCUT2D eigenvalue weighted by atomic mass is 35.5. The Labute approximate surface area is 68.8 Å². The smallest absolute Gasteiger partial charge is 0.423 e. The second-order valence-electron chi connectivity index (χ2n) is 2.01. The van der Waals surface area contributed by atoms with Gasteiger partial charge in [0.05, 0.1) is 5.02 Å². The van der Waals surface area contributed by atoms with E-state index in [1.54, 1.807) is 0 Å². The molecule has 4 N–H and O–H groups in total. The summed E-state index contributed by atoms with van der Waals surface area (Å²) >= 11 is 5.55. The number of halogens is 1. The molecule has 58 valence electrons. The maximum absolute atomic E-state index is 8.66. The van der Waals surface area contributed by atoms with Crippen LogP contribution in [0.2, 0.25) is 5.02 Å². The third-order valence-electron chi connectivity index (χ3n) is 1.19. The number of pyridine rings is 1. The number of rotatable bonds is 1. The van der Waals surface area contributed by atoms with Gasteiger partial charge < -0.3 is 15.8 Å². The SMILES string of the molecule is Nc1ncc(B(O)O)cc1Cl. The lowest BCUT2D eigenvalue weighted by molar-refractivity contribution is 0.425. The van der Waals surface area contributed by atoms with Gasteiger partial charge in [0.1, 0.15) is 5.82 Å². The monoisotopic (exact) mass is 172 g/mol. The first-order valence-electron chi connectivity index (χ1n) is 2.88. The first kappa shape index (κ1) is 8.32. The van der Waals surface area contributed by atoms with Crippen molar-refractivity contribution in [2.45, 2.75) is 0 Å². The lowest BCUT2D eigenvalue weighted by Gasteiger charge is -2.00. The Balaban J connectivity index is 3.05. The van der Waals surface area contributed by atoms with Crippen LogP contribution in [0, 0.1) is 0 Å². The molecule has 0 radical (unpaired) electrons. The van der Waals surface area contributed by atoms with Gasteiger partial charge in [-0.2, -0.15) is 0 Å². The lowest BCUT2D eigenvalue weighted by atomic mass is 9.82. The van der Waals surface area contributed by atoms with Crippen LogP contribution in [-0.2, 0) is 0 Å². The standard InChI is InChI=1S/C5H6BClN2O2/c7-4-1-3(6(10)11)2-9-5(4)8/h1-2,10-11H,(H2,8,9). The van der Waals surface area contributed by atoms with Gasteiger partial charge in [0.15, 0.2) is 0 Å². The predicted molar refractivity (Wildman–Crippen MR) is 43.5 cm³/mol. The molecule has 0 saturated heterocycles. The van der Waals surface area contributed by atoms with E-state index in [2.05, 4.69) is 4.98 Å². The van der Waals surface area contributed by atoms with Gasteiger partial charge in [-0.25, -0.2) is 4.98 Å². The molecule has 0 bridgehead atoms. The van der Waals surface area contributed by atoms with Gasteiger partial charge in [-0.3, -0.25) is 0 Å². The molecule has 6 heteroatoms. The van der Waals surface area contributed by atoms with Crippen LogP contribution < -0.4 is 11.2 Å². The summed E-state index contributed by atoms with van der Waals surface area (Å²) in [6, 6.07) is 1.36. The minimum absolute atomic E-state index is 0.177. The van der Waals surface area contributed by atoms with Gasteiger partial charge in [0, 0.05) is 11.7 Å². The molecule has 0 aliphatic heterocycles. The lowest BCUT2D eigenvalue weighted by Crippen LogP contribution is -2.30. The molecule has 1 heterocycles. The van der Waals surface area contributed by atoms with Gasteiger partial charge in [-0.15, -0.1) is 0 Å². The summed E-state index contributed by atoms with van der Waals surface area (Å²) in [5, 5.41) is 17.5. The van der Waals surface area contributed by atoms with E-state index in [-0.39, 0.29) is 16.3 Å². The first-order chi connectivity index (χ1) is 5.11. The van der Waals surface area contributed by atoms with Crippen LogP contribution in [0.3, 0.4) is 0 Å². The molecule has 0 unspecified atom stereocenters. The van der Waals surface area contributed by atoms with Crippen LogP contribution in [0.4, 0.5) is 5.82 Å². The van der Waals surface area contributed by atoms with Crippen molar-refractivity contribution in [2.75, 3.05) is 5.73 Å². The number of hydrogen-bond acceptors (Lipinski definition) is 4. The van der Waals surface area contributed by atoms with Crippen molar-refractivity contribution in [3.05, 3.63) is 17.3 Å². The zero-order valence-corrected chi connectivity index (χ0v) is 6.28. The first-order valence-corrected chi connectivity index (χ1v) is 3.26. The van der Waals surface area contributed by atoms with Crippen LogP contribution >= 0.6 is 11.6 Å². The fourth-order valence-electron chi connectivity index (χ4n) is 0.604. The Morgan fingerprint density at radius 1 is 1.55 bits per heavy atom. The highest BCUT2D eigenvalue weighted by molar-refractivity contribution is 6.59. The quantitative estimate of drug-likeness (QED) is 0.475. The average molecular weight is 172 g/mol. The van der Waals surface area contributed by atoms with E-state index in [0.717, 1.165) is 0 Å². The Morgan fingerprint density at radius 3 is 2.64 bits per heavy atom. The minimum Gasteiger partial charge on any atom is -0.423 e. The summed E-state index contributed by atoms with van der Waals surface area (Å²) < 4.78 is 0. The van der Waals surface area contributed by atoms with Crippen molar-refractivity contribution in [1.29, 1.82) is 0 Å². The zero-order valence-electron chi connectivity index (χ0n) is 5.53. The highest BCUT2D eigenvalue weighted by Gasteiger charge is 2.12. The van der Waals surface area contributed by atoms with E-state index in [9.17, 15) is 0 Å². The van der Waals surface area contributed by atoms with Crippen LogP contribution in [0.15, 0.2) is 12.3 Å². The topological polar surface area (TPSA) is 79.4 Å². The molecule has 0 spiro atoms. The van der Waals surface area contributed by atoms with E-state index in [4.69, 9.17) is 27.4 Å². The normalized spacial score (nSPS) is 9.73. The fraction of sp³-hybridized carbons (Fsp3) is 0. The molecule has 1 rings (SSSR count). The molecule has 4 nitrogen and oxygen atoms in total. The van der Waals surface area contributed by atoms with Gasteiger partial charge >= 0.3 is 7.12 Å². The molecule has 0 aliphatic rings. The van der Waals surface area contributed by atoms with Crippen molar-refractivity contribution < 1.29 is 10.0 Å². The number of anilines is 1. The summed E-state index contributed by atoms with van der Waals surface area (Å²) in [6.45, 7) is 0. The van der Waals surface area contributed by atoms with Crippen LogP contribution in [0.25, 0.3) is 0 Å². The second kappa shape index (κ2) is 3.08. The second-order valence-corrected chi connectivity index (χ2v) is 2.42. The summed E-state index contributed by atoms with van der Waals surface area (Å²) in [7, 11) is -1.56. The number of hydrogen-bond donors (Lipinski definition) is 3. The van der Waals surface area contributed by atoms with E-state index in [0.29, 0.717) is 0 Å².